The number of guanidine groups is 1. The van der Waals surface area contributed by atoms with Crippen molar-refractivity contribution in [2.24, 2.45) is 4.99 Å². The van der Waals surface area contributed by atoms with Gasteiger partial charge in [-0.3, -0.25) is 4.99 Å². The van der Waals surface area contributed by atoms with E-state index in [-0.39, 0.29) is 30.1 Å². The van der Waals surface area contributed by atoms with Crippen molar-refractivity contribution in [2.75, 3.05) is 44.8 Å². The summed E-state index contributed by atoms with van der Waals surface area (Å²) in [7, 11) is 0. The summed E-state index contributed by atoms with van der Waals surface area (Å²) in [5.74, 6) is 2.19. The van der Waals surface area contributed by atoms with E-state index in [1.807, 2.05) is 11.8 Å². The summed E-state index contributed by atoms with van der Waals surface area (Å²) in [6.45, 7) is 8.56. The van der Waals surface area contributed by atoms with E-state index < -0.39 is 0 Å². The number of ether oxygens (including phenoxy) is 1. The van der Waals surface area contributed by atoms with Gasteiger partial charge in [0.05, 0.1) is 13.2 Å². The molecule has 0 amide bonds. The molecular weight excluding hydrogens is 433 g/mol. The maximum absolute atomic E-state index is 6.02. The van der Waals surface area contributed by atoms with Gasteiger partial charge in [-0.2, -0.15) is 11.8 Å². The lowest BCUT2D eigenvalue weighted by atomic mass is 10.0. The second-order valence-corrected chi connectivity index (χ2v) is 6.73. The van der Waals surface area contributed by atoms with E-state index in [9.17, 15) is 0 Å². The summed E-state index contributed by atoms with van der Waals surface area (Å²) >= 11 is 1.88. The molecular formula is C18H30IN3OS. The van der Waals surface area contributed by atoms with Crippen LogP contribution in [-0.2, 0) is 4.74 Å². The highest BCUT2D eigenvalue weighted by Gasteiger charge is 2.24. The molecule has 1 aliphatic heterocycles. The van der Waals surface area contributed by atoms with Gasteiger partial charge in [0, 0.05) is 19.6 Å². The zero-order valence-electron chi connectivity index (χ0n) is 15.0. The molecule has 0 radical (unpaired) electrons. The number of morpholine rings is 1. The van der Waals surface area contributed by atoms with Crippen molar-refractivity contribution in [3.05, 3.63) is 35.4 Å². The van der Waals surface area contributed by atoms with Crippen LogP contribution < -0.4 is 5.32 Å². The van der Waals surface area contributed by atoms with Gasteiger partial charge in [0.25, 0.3) is 0 Å². The van der Waals surface area contributed by atoms with Gasteiger partial charge in [0.2, 0.25) is 0 Å². The fraction of sp³-hybridized carbons (Fsp3) is 0.611. The Balaban J connectivity index is 0.00000288. The lowest BCUT2D eigenvalue weighted by Gasteiger charge is -2.35. The van der Waals surface area contributed by atoms with Crippen LogP contribution in [0.15, 0.2) is 29.3 Å². The lowest BCUT2D eigenvalue weighted by molar-refractivity contribution is -0.00832. The standard InChI is InChI=1S/C18H29N3OS.HI/c1-4-19-18(20-10-7-13-23-3)21-11-12-22-17(14-21)16-9-6-5-8-15(16)2;/h5-6,8-9,17H,4,7,10-14H2,1-3H3,(H,19,20);1H. The van der Waals surface area contributed by atoms with E-state index >= 15 is 0 Å². The van der Waals surface area contributed by atoms with Gasteiger partial charge in [-0.15, -0.1) is 24.0 Å². The number of rotatable bonds is 6. The fourth-order valence-electron chi connectivity index (χ4n) is 2.80. The van der Waals surface area contributed by atoms with Crippen molar-refractivity contribution in [2.45, 2.75) is 26.4 Å². The minimum atomic E-state index is 0. The lowest BCUT2D eigenvalue weighted by Crippen LogP contribution is -2.48. The summed E-state index contributed by atoms with van der Waals surface area (Å²) in [5.41, 5.74) is 2.58. The Morgan fingerprint density at radius 2 is 2.21 bits per heavy atom. The topological polar surface area (TPSA) is 36.9 Å². The summed E-state index contributed by atoms with van der Waals surface area (Å²) in [6.07, 6.45) is 3.39. The van der Waals surface area contributed by atoms with Gasteiger partial charge in [0.15, 0.2) is 5.96 Å². The number of halogens is 1. The highest BCUT2D eigenvalue weighted by molar-refractivity contribution is 14.0. The molecule has 4 nitrogen and oxygen atoms in total. The number of nitrogens with one attached hydrogen (secondary N) is 1. The van der Waals surface area contributed by atoms with Gasteiger partial charge >= 0.3 is 0 Å². The monoisotopic (exact) mass is 463 g/mol. The fourth-order valence-corrected chi connectivity index (χ4v) is 3.22. The molecule has 0 aliphatic carbocycles. The smallest absolute Gasteiger partial charge is 0.194 e. The Morgan fingerprint density at radius 1 is 1.42 bits per heavy atom. The first-order valence-corrected chi connectivity index (χ1v) is 9.85. The number of thioether (sulfide) groups is 1. The molecule has 0 aromatic heterocycles. The van der Waals surface area contributed by atoms with Crippen molar-refractivity contribution >= 4 is 41.7 Å². The maximum atomic E-state index is 6.02. The molecule has 0 bridgehead atoms. The van der Waals surface area contributed by atoms with Gasteiger partial charge < -0.3 is 15.0 Å². The molecule has 1 N–H and O–H groups in total. The molecule has 1 fully saturated rings. The van der Waals surface area contributed by atoms with Crippen molar-refractivity contribution in [1.29, 1.82) is 0 Å². The van der Waals surface area contributed by atoms with Crippen LogP contribution in [0.4, 0.5) is 0 Å². The molecule has 24 heavy (non-hydrogen) atoms. The number of aryl methyl sites for hydroxylation is 1. The first kappa shape index (κ1) is 21.6. The van der Waals surface area contributed by atoms with Crippen LogP contribution in [0.25, 0.3) is 0 Å². The normalized spacial score (nSPS) is 18.2. The number of aliphatic imine (C=N–C) groups is 1. The van der Waals surface area contributed by atoms with Gasteiger partial charge in [-0.05, 0) is 43.4 Å². The molecule has 1 aromatic carbocycles. The van der Waals surface area contributed by atoms with Gasteiger partial charge in [0.1, 0.15) is 6.10 Å². The number of hydrogen-bond donors (Lipinski definition) is 1. The molecule has 1 atom stereocenters. The zero-order valence-corrected chi connectivity index (χ0v) is 18.1. The Morgan fingerprint density at radius 3 is 2.92 bits per heavy atom. The van der Waals surface area contributed by atoms with Gasteiger partial charge in [-0.25, -0.2) is 0 Å². The van der Waals surface area contributed by atoms with Crippen LogP contribution in [0.2, 0.25) is 0 Å². The van der Waals surface area contributed by atoms with E-state index in [1.54, 1.807) is 0 Å². The Labute approximate surface area is 167 Å². The highest BCUT2D eigenvalue weighted by atomic mass is 127. The number of benzene rings is 1. The second kappa shape index (κ2) is 12.0. The van der Waals surface area contributed by atoms with Crippen LogP contribution >= 0.6 is 35.7 Å². The first-order chi connectivity index (χ1) is 11.3. The van der Waals surface area contributed by atoms with Crippen molar-refractivity contribution in [3.63, 3.8) is 0 Å². The highest BCUT2D eigenvalue weighted by Crippen LogP contribution is 2.24. The number of hydrogen-bond acceptors (Lipinski definition) is 3. The third-order valence-electron chi connectivity index (χ3n) is 4.00. The van der Waals surface area contributed by atoms with E-state index in [0.717, 1.165) is 50.9 Å². The van der Waals surface area contributed by atoms with Crippen molar-refractivity contribution in [3.8, 4) is 0 Å². The third kappa shape index (κ3) is 6.44. The van der Waals surface area contributed by atoms with E-state index in [0.29, 0.717) is 0 Å². The molecule has 1 heterocycles. The van der Waals surface area contributed by atoms with Crippen LogP contribution in [-0.4, -0.2) is 55.7 Å². The molecule has 2 rings (SSSR count). The third-order valence-corrected chi connectivity index (χ3v) is 4.70. The minimum absolute atomic E-state index is 0. The summed E-state index contributed by atoms with van der Waals surface area (Å²) in [5, 5.41) is 3.43. The Hall–Kier alpha value is -0.470. The molecule has 1 saturated heterocycles. The van der Waals surface area contributed by atoms with E-state index in [2.05, 4.69) is 54.6 Å². The average Bonchev–Trinajstić information content (AvgIpc) is 2.58. The van der Waals surface area contributed by atoms with Crippen molar-refractivity contribution < 1.29 is 4.74 Å². The average molecular weight is 463 g/mol. The Bertz CT molecular complexity index is 513. The van der Waals surface area contributed by atoms with Crippen LogP contribution in [0.1, 0.15) is 30.6 Å². The molecule has 1 aliphatic rings. The SMILES string of the molecule is CCNC(=NCCCSC)N1CCOC(c2ccccc2C)C1.I. The summed E-state index contributed by atoms with van der Waals surface area (Å²) in [4.78, 5) is 7.12. The molecule has 1 unspecified atom stereocenters. The largest absolute Gasteiger partial charge is 0.370 e. The summed E-state index contributed by atoms with van der Waals surface area (Å²) in [6, 6.07) is 8.49. The van der Waals surface area contributed by atoms with Crippen LogP contribution in [0.5, 0.6) is 0 Å². The molecule has 0 spiro atoms. The maximum Gasteiger partial charge on any atom is 0.194 e. The van der Waals surface area contributed by atoms with Crippen LogP contribution in [0, 0.1) is 6.92 Å². The van der Waals surface area contributed by atoms with E-state index in [1.165, 1.54) is 11.1 Å². The van der Waals surface area contributed by atoms with Crippen molar-refractivity contribution in [1.82, 2.24) is 10.2 Å². The molecule has 6 heteroatoms. The van der Waals surface area contributed by atoms with Crippen LogP contribution in [0.3, 0.4) is 0 Å². The molecule has 0 saturated carbocycles. The summed E-state index contributed by atoms with van der Waals surface area (Å²) < 4.78 is 6.02. The minimum Gasteiger partial charge on any atom is -0.370 e. The first-order valence-electron chi connectivity index (χ1n) is 8.45. The predicted molar refractivity (Wildman–Crippen MR) is 116 cm³/mol. The molecule has 136 valence electrons. The zero-order chi connectivity index (χ0) is 16.5. The quantitative estimate of drug-likeness (QED) is 0.302. The van der Waals surface area contributed by atoms with Gasteiger partial charge in [-0.1, -0.05) is 24.3 Å². The Kier molecular flexibility index (Phi) is 10.8. The van der Waals surface area contributed by atoms with E-state index in [4.69, 9.17) is 9.73 Å². The molecule has 1 aromatic rings. The second-order valence-electron chi connectivity index (χ2n) is 5.74. The predicted octanol–water partition coefficient (Wildman–Crippen LogP) is 3.70. The number of nitrogens with zero attached hydrogens (tertiary/aromatic N) is 2.